The Morgan fingerprint density at radius 1 is 1.43 bits per heavy atom. The highest BCUT2D eigenvalue weighted by atomic mass is 19.3. The molecule has 0 fully saturated rings. The van der Waals surface area contributed by atoms with Gasteiger partial charge in [0.05, 0.1) is 13.2 Å². The number of hydrogen-bond donors (Lipinski definition) is 1. The van der Waals surface area contributed by atoms with Crippen molar-refractivity contribution in [3.05, 3.63) is 6.07 Å². The highest BCUT2D eigenvalue weighted by Gasteiger charge is 2.07. The number of anilines is 1. The zero-order valence-electron chi connectivity index (χ0n) is 7.41. The maximum Gasteiger partial charge on any atom is 0.272 e. The summed E-state index contributed by atoms with van der Waals surface area (Å²) in [4.78, 5) is 7.24. The Balaban J connectivity index is 2.71. The molecule has 2 N–H and O–H groups in total. The summed E-state index contributed by atoms with van der Waals surface area (Å²) < 4.78 is 32.9. The molecule has 1 heterocycles. The number of nitrogen functional groups attached to an aromatic ring is 1. The molecule has 0 unspecified atom stereocenters. The van der Waals surface area contributed by atoms with E-state index in [9.17, 15) is 8.78 Å². The fraction of sp³-hybridized carbons (Fsp3) is 0.429. The second-order valence-corrected chi connectivity index (χ2v) is 2.31. The predicted octanol–water partition coefficient (Wildman–Crippen LogP) is 0.711. The van der Waals surface area contributed by atoms with Crippen molar-refractivity contribution in [3.8, 4) is 11.8 Å². The highest BCUT2D eigenvalue weighted by Crippen LogP contribution is 2.16. The zero-order chi connectivity index (χ0) is 10.6. The van der Waals surface area contributed by atoms with Crippen LogP contribution in [0, 0.1) is 0 Å². The summed E-state index contributed by atoms with van der Waals surface area (Å²) in [7, 11) is 1.37. The first-order valence-corrected chi connectivity index (χ1v) is 3.71. The lowest BCUT2D eigenvalue weighted by molar-refractivity contribution is 0.0794. The Labute approximate surface area is 78.9 Å². The fourth-order valence-electron chi connectivity index (χ4n) is 0.748. The number of ether oxygens (including phenoxy) is 2. The third kappa shape index (κ3) is 3.00. The van der Waals surface area contributed by atoms with Crippen molar-refractivity contribution in [2.75, 3.05) is 19.5 Å². The van der Waals surface area contributed by atoms with Crippen LogP contribution in [0.2, 0.25) is 0 Å². The van der Waals surface area contributed by atoms with E-state index in [0.29, 0.717) is 0 Å². The first kappa shape index (κ1) is 10.4. The molecule has 5 nitrogen and oxygen atoms in total. The van der Waals surface area contributed by atoms with E-state index in [1.807, 2.05) is 0 Å². The predicted molar refractivity (Wildman–Crippen MR) is 44.5 cm³/mol. The molecule has 78 valence electrons. The maximum atomic E-state index is 11.8. The van der Waals surface area contributed by atoms with E-state index in [0.717, 1.165) is 0 Å². The minimum Gasteiger partial charge on any atom is -0.481 e. The summed E-state index contributed by atoms with van der Waals surface area (Å²) in [6.07, 6.45) is -2.56. The second kappa shape index (κ2) is 4.54. The zero-order valence-corrected chi connectivity index (χ0v) is 7.41. The van der Waals surface area contributed by atoms with E-state index in [-0.39, 0.29) is 17.7 Å². The SMILES string of the molecule is COc1cc(OCC(F)F)nc(N)n1. The third-order valence-corrected chi connectivity index (χ3v) is 1.26. The van der Waals surface area contributed by atoms with E-state index in [4.69, 9.17) is 10.5 Å². The molecule has 0 spiro atoms. The molecule has 1 rings (SSSR count). The summed E-state index contributed by atoms with van der Waals surface area (Å²) >= 11 is 0. The van der Waals surface area contributed by atoms with Crippen molar-refractivity contribution in [1.29, 1.82) is 0 Å². The quantitative estimate of drug-likeness (QED) is 0.783. The molecule has 0 amide bonds. The maximum absolute atomic E-state index is 11.8. The van der Waals surface area contributed by atoms with E-state index >= 15 is 0 Å². The van der Waals surface area contributed by atoms with Gasteiger partial charge >= 0.3 is 0 Å². The van der Waals surface area contributed by atoms with Crippen molar-refractivity contribution in [2.45, 2.75) is 6.43 Å². The molecule has 0 aromatic carbocycles. The number of hydrogen-bond acceptors (Lipinski definition) is 5. The van der Waals surface area contributed by atoms with Gasteiger partial charge in [-0.1, -0.05) is 0 Å². The van der Waals surface area contributed by atoms with Gasteiger partial charge in [-0.25, -0.2) is 8.78 Å². The second-order valence-electron chi connectivity index (χ2n) is 2.31. The monoisotopic (exact) mass is 205 g/mol. The van der Waals surface area contributed by atoms with Crippen LogP contribution < -0.4 is 15.2 Å². The van der Waals surface area contributed by atoms with Gasteiger partial charge in [-0.3, -0.25) is 0 Å². The molecular formula is C7H9F2N3O2. The molecule has 1 aromatic rings. The van der Waals surface area contributed by atoms with Crippen molar-refractivity contribution in [3.63, 3.8) is 0 Å². The smallest absolute Gasteiger partial charge is 0.272 e. The molecule has 0 aliphatic heterocycles. The van der Waals surface area contributed by atoms with Gasteiger partial charge < -0.3 is 15.2 Å². The molecule has 0 aliphatic rings. The van der Waals surface area contributed by atoms with Gasteiger partial charge in [0.15, 0.2) is 6.61 Å². The van der Waals surface area contributed by atoms with Crippen molar-refractivity contribution < 1.29 is 18.3 Å². The topological polar surface area (TPSA) is 70.3 Å². The van der Waals surface area contributed by atoms with Gasteiger partial charge in [0.1, 0.15) is 0 Å². The average molecular weight is 205 g/mol. The molecule has 0 atom stereocenters. The van der Waals surface area contributed by atoms with Crippen LogP contribution in [0.3, 0.4) is 0 Å². The molecule has 0 bridgehead atoms. The fourth-order valence-corrected chi connectivity index (χ4v) is 0.748. The largest absolute Gasteiger partial charge is 0.481 e. The minimum atomic E-state index is -2.56. The number of nitrogens with zero attached hydrogens (tertiary/aromatic N) is 2. The van der Waals surface area contributed by atoms with E-state index in [1.54, 1.807) is 0 Å². The van der Waals surface area contributed by atoms with E-state index in [1.165, 1.54) is 13.2 Å². The number of methoxy groups -OCH3 is 1. The molecule has 0 aliphatic carbocycles. The summed E-state index contributed by atoms with van der Waals surface area (Å²) in [6.45, 7) is -0.737. The highest BCUT2D eigenvalue weighted by molar-refractivity contribution is 5.29. The van der Waals surface area contributed by atoms with Gasteiger partial charge in [0, 0.05) is 0 Å². The first-order valence-electron chi connectivity index (χ1n) is 3.71. The summed E-state index contributed by atoms with van der Waals surface area (Å²) in [6, 6.07) is 1.28. The van der Waals surface area contributed by atoms with Crippen molar-refractivity contribution in [2.24, 2.45) is 0 Å². The molecule has 7 heteroatoms. The van der Waals surface area contributed by atoms with Crippen LogP contribution in [0.15, 0.2) is 6.07 Å². The van der Waals surface area contributed by atoms with Crippen LogP contribution in [0.4, 0.5) is 14.7 Å². The molecular weight excluding hydrogens is 196 g/mol. The average Bonchev–Trinajstić information content (AvgIpc) is 2.14. The van der Waals surface area contributed by atoms with Crippen LogP contribution >= 0.6 is 0 Å². The molecule has 0 saturated carbocycles. The number of aromatic nitrogens is 2. The van der Waals surface area contributed by atoms with Crippen LogP contribution in [0.25, 0.3) is 0 Å². The normalized spacial score (nSPS) is 10.3. The molecule has 0 saturated heterocycles. The molecule has 14 heavy (non-hydrogen) atoms. The third-order valence-electron chi connectivity index (χ3n) is 1.26. The standard InChI is InChI=1S/C7H9F2N3O2/c1-13-5-2-6(12-7(10)11-5)14-3-4(8)9/h2,4H,3H2,1H3,(H2,10,11,12). The lowest BCUT2D eigenvalue weighted by Gasteiger charge is -2.06. The summed E-state index contributed by atoms with van der Waals surface area (Å²) in [5.74, 6) is 0.0463. The molecule has 0 radical (unpaired) electrons. The lowest BCUT2D eigenvalue weighted by Crippen LogP contribution is -2.09. The van der Waals surface area contributed by atoms with Gasteiger partial charge in [-0.2, -0.15) is 9.97 Å². The number of alkyl halides is 2. The molecule has 1 aromatic heterocycles. The number of rotatable bonds is 4. The van der Waals surface area contributed by atoms with E-state index in [2.05, 4.69) is 14.7 Å². The van der Waals surface area contributed by atoms with E-state index < -0.39 is 13.0 Å². The number of nitrogens with two attached hydrogens (primary N) is 1. The van der Waals surface area contributed by atoms with Gasteiger partial charge in [-0.15, -0.1) is 0 Å². The summed E-state index contributed by atoms with van der Waals surface area (Å²) in [5.41, 5.74) is 5.27. The van der Waals surface area contributed by atoms with Crippen LogP contribution in [-0.4, -0.2) is 30.1 Å². The Hall–Kier alpha value is -1.66. The van der Waals surface area contributed by atoms with Crippen LogP contribution in [0.5, 0.6) is 11.8 Å². The Bertz CT molecular complexity index is 309. The Kier molecular flexibility index (Phi) is 3.38. The number of halogens is 2. The summed E-state index contributed by atoms with van der Waals surface area (Å²) in [5, 5.41) is 0. The minimum absolute atomic E-state index is 0.0327. The Morgan fingerprint density at radius 2 is 2.07 bits per heavy atom. The first-order chi connectivity index (χ1) is 6.61. The van der Waals surface area contributed by atoms with Crippen molar-refractivity contribution in [1.82, 2.24) is 9.97 Å². The van der Waals surface area contributed by atoms with Crippen molar-refractivity contribution >= 4 is 5.95 Å². The Morgan fingerprint density at radius 3 is 2.64 bits per heavy atom. The van der Waals surface area contributed by atoms with Gasteiger partial charge in [-0.05, 0) is 0 Å². The lowest BCUT2D eigenvalue weighted by atomic mass is 10.6. The van der Waals surface area contributed by atoms with Crippen LogP contribution in [-0.2, 0) is 0 Å². The van der Waals surface area contributed by atoms with Crippen LogP contribution in [0.1, 0.15) is 0 Å². The van der Waals surface area contributed by atoms with Gasteiger partial charge in [0.25, 0.3) is 6.43 Å². The van der Waals surface area contributed by atoms with Gasteiger partial charge in [0.2, 0.25) is 17.7 Å².